The first-order chi connectivity index (χ1) is 9.94. The zero-order valence-corrected chi connectivity index (χ0v) is 12.0. The molecule has 7 heteroatoms. The third-order valence-corrected chi connectivity index (χ3v) is 4.01. The third-order valence-electron chi connectivity index (χ3n) is 4.01. The highest BCUT2D eigenvalue weighted by molar-refractivity contribution is 5.82. The van der Waals surface area contributed by atoms with Crippen LogP contribution in [0.3, 0.4) is 0 Å². The number of pyridine rings is 1. The average Bonchev–Trinajstić information content (AvgIpc) is 2.67. The summed E-state index contributed by atoms with van der Waals surface area (Å²) in [4.78, 5) is 26.3. The molecule has 1 saturated carbocycles. The maximum atomic E-state index is 11.7. The van der Waals surface area contributed by atoms with Crippen molar-refractivity contribution in [2.75, 3.05) is 5.32 Å². The van der Waals surface area contributed by atoms with Crippen LogP contribution in [0.4, 0.5) is 11.5 Å². The van der Waals surface area contributed by atoms with E-state index in [2.05, 4.69) is 10.3 Å². The van der Waals surface area contributed by atoms with Gasteiger partial charge in [-0.2, -0.15) is 0 Å². The lowest BCUT2D eigenvalue weighted by Gasteiger charge is -2.29. The van der Waals surface area contributed by atoms with Gasteiger partial charge in [0.15, 0.2) is 0 Å². The Morgan fingerprint density at radius 2 is 2.00 bits per heavy atom. The molecule has 1 aromatic rings. The van der Waals surface area contributed by atoms with Gasteiger partial charge in [0.25, 0.3) is 5.69 Å². The van der Waals surface area contributed by atoms with E-state index in [4.69, 9.17) is 0 Å². The fraction of sp³-hybridized carbons (Fsp3) is 0.571. The zero-order chi connectivity index (χ0) is 15.5. The normalized spacial score (nSPS) is 17.8. The van der Waals surface area contributed by atoms with Crippen LogP contribution in [0.15, 0.2) is 12.3 Å². The summed E-state index contributed by atoms with van der Waals surface area (Å²) in [6.07, 6.45) is 6.08. The molecule has 0 amide bonds. The molecule has 1 fully saturated rings. The number of nitrogens with zero attached hydrogens (tertiary/aromatic N) is 2. The van der Waals surface area contributed by atoms with E-state index >= 15 is 0 Å². The van der Waals surface area contributed by atoms with Crippen molar-refractivity contribution < 1.29 is 14.8 Å². The Balaban J connectivity index is 2.30. The molecule has 21 heavy (non-hydrogen) atoms. The summed E-state index contributed by atoms with van der Waals surface area (Å²) in [6.45, 7) is 1.60. The predicted molar refractivity (Wildman–Crippen MR) is 77.3 cm³/mol. The molecule has 0 saturated heterocycles. The predicted octanol–water partition coefficient (Wildman–Crippen LogP) is 2.89. The Bertz CT molecular complexity index is 551. The van der Waals surface area contributed by atoms with Gasteiger partial charge in [0.1, 0.15) is 11.4 Å². The lowest BCUT2D eigenvalue weighted by atomic mass is 9.90. The third kappa shape index (κ3) is 3.29. The first-order valence-corrected chi connectivity index (χ1v) is 7.07. The number of nitro groups is 1. The minimum atomic E-state index is -1.08. The molecule has 7 nitrogen and oxygen atoms in total. The maximum absolute atomic E-state index is 11.7. The molecule has 0 radical (unpaired) electrons. The van der Waals surface area contributed by atoms with Crippen LogP contribution in [0.25, 0.3) is 0 Å². The second-order valence-electron chi connectivity index (χ2n) is 5.54. The molecule has 0 bridgehead atoms. The number of hydrogen-bond acceptors (Lipinski definition) is 5. The van der Waals surface area contributed by atoms with Gasteiger partial charge >= 0.3 is 5.97 Å². The molecule has 1 aliphatic carbocycles. The summed E-state index contributed by atoms with van der Waals surface area (Å²) >= 11 is 0. The van der Waals surface area contributed by atoms with E-state index in [9.17, 15) is 20.0 Å². The highest BCUT2D eigenvalue weighted by Crippen LogP contribution is 2.31. The van der Waals surface area contributed by atoms with Crippen LogP contribution in [0.1, 0.15) is 44.1 Å². The number of nitrogens with one attached hydrogen (secondary N) is 1. The van der Waals surface area contributed by atoms with Crippen LogP contribution < -0.4 is 5.32 Å². The van der Waals surface area contributed by atoms with E-state index in [1.807, 2.05) is 0 Å². The Morgan fingerprint density at radius 1 is 1.38 bits per heavy atom. The smallest absolute Gasteiger partial charge is 0.329 e. The number of aliphatic carboxylic acids is 1. The molecule has 1 heterocycles. The highest BCUT2D eigenvalue weighted by Gasteiger charge is 2.39. The summed E-state index contributed by atoms with van der Waals surface area (Å²) in [6, 6.07) is 1.31. The second kappa shape index (κ2) is 6.07. The van der Waals surface area contributed by atoms with Crippen molar-refractivity contribution in [3.63, 3.8) is 0 Å². The number of aryl methyl sites for hydroxylation is 1. The van der Waals surface area contributed by atoms with Crippen molar-refractivity contribution in [3.8, 4) is 0 Å². The minimum Gasteiger partial charge on any atom is -0.480 e. The first-order valence-electron chi connectivity index (χ1n) is 7.07. The summed E-state index contributed by atoms with van der Waals surface area (Å²) < 4.78 is 0. The lowest BCUT2D eigenvalue weighted by Crippen LogP contribution is -2.46. The number of carbonyl (C=O) groups is 1. The van der Waals surface area contributed by atoms with Gasteiger partial charge in [-0.05, 0) is 19.8 Å². The van der Waals surface area contributed by atoms with Gasteiger partial charge in [0, 0.05) is 11.8 Å². The summed E-state index contributed by atoms with van der Waals surface area (Å²) in [5, 5.41) is 23.5. The average molecular weight is 293 g/mol. The number of anilines is 1. The Kier molecular flexibility index (Phi) is 4.40. The summed E-state index contributed by atoms with van der Waals surface area (Å²) in [7, 11) is 0. The van der Waals surface area contributed by atoms with Gasteiger partial charge in [-0.15, -0.1) is 0 Å². The summed E-state index contributed by atoms with van der Waals surface area (Å²) in [5.41, 5.74) is -0.676. The van der Waals surface area contributed by atoms with E-state index in [1.54, 1.807) is 6.92 Å². The molecule has 0 unspecified atom stereocenters. The van der Waals surface area contributed by atoms with E-state index in [1.165, 1.54) is 12.3 Å². The van der Waals surface area contributed by atoms with Gasteiger partial charge in [0.05, 0.1) is 11.0 Å². The van der Waals surface area contributed by atoms with Crippen molar-refractivity contribution in [1.82, 2.24) is 4.98 Å². The molecule has 2 rings (SSSR count). The van der Waals surface area contributed by atoms with Crippen molar-refractivity contribution in [1.29, 1.82) is 0 Å². The van der Waals surface area contributed by atoms with Crippen LogP contribution in [0.5, 0.6) is 0 Å². The molecule has 114 valence electrons. The Hall–Kier alpha value is -2.18. The number of carboxylic acid groups (broad SMARTS) is 1. The molecule has 1 aliphatic rings. The van der Waals surface area contributed by atoms with Gasteiger partial charge in [-0.25, -0.2) is 9.78 Å². The molecule has 1 aromatic heterocycles. The standard InChI is InChI=1S/C14H19N3O4/c1-10-9-15-12(8-11(10)17(20)21)16-14(13(18)19)6-4-2-3-5-7-14/h8-9H,2-7H2,1H3,(H,15,16)(H,18,19). The SMILES string of the molecule is Cc1cnc(NC2(C(=O)O)CCCCCC2)cc1[N+](=O)[O-]. The Labute approximate surface area is 122 Å². The lowest BCUT2D eigenvalue weighted by molar-refractivity contribution is -0.385. The van der Waals surface area contributed by atoms with E-state index in [0.29, 0.717) is 18.4 Å². The number of aromatic nitrogens is 1. The maximum Gasteiger partial charge on any atom is 0.329 e. The fourth-order valence-corrected chi connectivity index (χ4v) is 2.75. The molecule has 2 N–H and O–H groups in total. The molecular weight excluding hydrogens is 274 g/mol. The number of carboxylic acids is 1. The molecule has 0 aromatic carbocycles. The second-order valence-corrected chi connectivity index (χ2v) is 5.54. The fourth-order valence-electron chi connectivity index (χ4n) is 2.75. The van der Waals surface area contributed by atoms with Crippen molar-refractivity contribution in [3.05, 3.63) is 27.9 Å². The van der Waals surface area contributed by atoms with Crippen molar-refractivity contribution >= 4 is 17.5 Å². The van der Waals surface area contributed by atoms with E-state index in [0.717, 1.165) is 25.7 Å². The van der Waals surface area contributed by atoms with Crippen molar-refractivity contribution in [2.45, 2.75) is 51.0 Å². The Morgan fingerprint density at radius 3 is 2.52 bits per heavy atom. The van der Waals surface area contributed by atoms with Gasteiger partial charge in [0.2, 0.25) is 0 Å². The van der Waals surface area contributed by atoms with E-state index < -0.39 is 16.4 Å². The van der Waals surface area contributed by atoms with Crippen molar-refractivity contribution in [2.24, 2.45) is 0 Å². The molecule has 0 atom stereocenters. The minimum absolute atomic E-state index is 0.0540. The molecular formula is C14H19N3O4. The number of rotatable bonds is 4. The van der Waals surface area contributed by atoms with Gasteiger partial charge in [-0.1, -0.05) is 25.7 Å². The van der Waals surface area contributed by atoms with Gasteiger partial charge in [-0.3, -0.25) is 10.1 Å². The summed E-state index contributed by atoms with van der Waals surface area (Å²) in [5.74, 6) is -0.675. The first kappa shape index (κ1) is 15.2. The monoisotopic (exact) mass is 293 g/mol. The zero-order valence-electron chi connectivity index (χ0n) is 12.0. The van der Waals surface area contributed by atoms with Crippen LogP contribution in [0.2, 0.25) is 0 Å². The largest absolute Gasteiger partial charge is 0.480 e. The van der Waals surface area contributed by atoms with Crippen LogP contribution in [0, 0.1) is 17.0 Å². The topological polar surface area (TPSA) is 105 Å². The number of hydrogen-bond donors (Lipinski definition) is 2. The quantitative estimate of drug-likeness (QED) is 0.502. The van der Waals surface area contributed by atoms with Crippen LogP contribution in [-0.4, -0.2) is 26.5 Å². The van der Waals surface area contributed by atoms with Crippen LogP contribution >= 0.6 is 0 Å². The molecule has 0 aliphatic heterocycles. The van der Waals surface area contributed by atoms with E-state index in [-0.39, 0.29) is 11.5 Å². The van der Waals surface area contributed by atoms with Crippen LogP contribution in [-0.2, 0) is 4.79 Å². The van der Waals surface area contributed by atoms with Gasteiger partial charge < -0.3 is 10.4 Å². The highest BCUT2D eigenvalue weighted by atomic mass is 16.6. The molecule has 0 spiro atoms.